The molecule has 1 fully saturated rings. The van der Waals surface area contributed by atoms with Gasteiger partial charge in [0.1, 0.15) is 5.82 Å². The maximum atomic E-state index is 13.0. The standard InChI is InChI=1S/C20H25FN2O2.C2H2O4/c1-24-19-8-5-17(13-20(19)25-2)15-23-11-9-22(10-12-23)14-16-3-6-18(21)7-4-16;3-1(4)2(5)6/h3-8,13H,9-12,14-15H2,1-2H3;(H,3,4)(H,5,6). The minimum absolute atomic E-state index is 0.177. The number of nitrogens with zero attached hydrogens (tertiary/aromatic N) is 2. The monoisotopic (exact) mass is 434 g/mol. The van der Waals surface area contributed by atoms with Crippen LogP contribution in [0.3, 0.4) is 0 Å². The Morgan fingerprint density at radius 3 is 1.71 bits per heavy atom. The van der Waals surface area contributed by atoms with Gasteiger partial charge in [-0.3, -0.25) is 9.80 Å². The summed E-state index contributed by atoms with van der Waals surface area (Å²) in [5.41, 5.74) is 2.39. The van der Waals surface area contributed by atoms with E-state index in [2.05, 4.69) is 15.9 Å². The molecule has 0 atom stereocenters. The van der Waals surface area contributed by atoms with Crippen LogP contribution in [0.5, 0.6) is 11.5 Å². The summed E-state index contributed by atoms with van der Waals surface area (Å²) in [6.07, 6.45) is 0. The number of carboxylic acid groups (broad SMARTS) is 2. The van der Waals surface area contributed by atoms with E-state index in [0.717, 1.165) is 56.3 Å². The molecule has 0 saturated carbocycles. The lowest BCUT2D eigenvalue weighted by Crippen LogP contribution is -2.45. The van der Waals surface area contributed by atoms with Crippen molar-refractivity contribution in [3.05, 3.63) is 59.4 Å². The molecule has 168 valence electrons. The highest BCUT2D eigenvalue weighted by Gasteiger charge is 2.17. The summed E-state index contributed by atoms with van der Waals surface area (Å²) >= 11 is 0. The maximum Gasteiger partial charge on any atom is 0.414 e. The number of benzene rings is 2. The van der Waals surface area contributed by atoms with Crippen molar-refractivity contribution in [2.24, 2.45) is 0 Å². The summed E-state index contributed by atoms with van der Waals surface area (Å²) in [6, 6.07) is 12.9. The fraction of sp³-hybridized carbons (Fsp3) is 0.364. The highest BCUT2D eigenvalue weighted by molar-refractivity contribution is 6.27. The number of carboxylic acids is 2. The lowest BCUT2D eigenvalue weighted by atomic mass is 10.1. The zero-order valence-corrected chi connectivity index (χ0v) is 17.6. The average Bonchev–Trinajstić information content (AvgIpc) is 2.77. The molecule has 0 bridgehead atoms. The van der Waals surface area contributed by atoms with E-state index in [4.69, 9.17) is 29.3 Å². The molecule has 3 rings (SSSR count). The summed E-state index contributed by atoms with van der Waals surface area (Å²) in [4.78, 5) is 23.1. The Morgan fingerprint density at radius 1 is 0.806 bits per heavy atom. The topological polar surface area (TPSA) is 99.5 Å². The molecular weight excluding hydrogens is 407 g/mol. The summed E-state index contributed by atoms with van der Waals surface area (Å²) in [5.74, 6) is -2.29. The molecule has 0 radical (unpaired) electrons. The molecule has 9 heteroatoms. The average molecular weight is 434 g/mol. The van der Waals surface area contributed by atoms with E-state index in [1.165, 1.54) is 17.7 Å². The Hall–Kier alpha value is -3.17. The third-order valence-corrected chi connectivity index (χ3v) is 4.82. The van der Waals surface area contributed by atoms with E-state index < -0.39 is 11.9 Å². The molecular formula is C22H27FN2O6. The van der Waals surface area contributed by atoms with Crippen LogP contribution in [0.2, 0.25) is 0 Å². The molecule has 31 heavy (non-hydrogen) atoms. The molecule has 1 aliphatic heterocycles. The van der Waals surface area contributed by atoms with Gasteiger partial charge in [0.05, 0.1) is 14.2 Å². The fourth-order valence-electron chi connectivity index (χ4n) is 3.19. The second-order valence-electron chi connectivity index (χ2n) is 6.98. The normalized spacial score (nSPS) is 14.3. The van der Waals surface area contributed by atoms with Gasteiger partial charge in [-0.25, -0.2) is 14.0 Å². The smallest absolute Gasteiger partial charge is 0.414 e. The van der Waals surface area contributed by atoms with Crippen LogP contribution < -0.4 is 9.47 Å². The first-order valence-corrected chi connectivity index (χ1v) is 9.68. The SMILES string of the molecule is COc1ccc(CN2CCN(Cc3ccc(F)cc3)CC2)cc1OC.O=C(O)C(=O)O. The summed E-state index contributed by atoms with van der Waals surface area (Å²) < 4.78 is 23.7. The number of aliphatic carboxylic acids is 2. The molecule has 8 nitrogen and oxygen atoms in total. The van der Waals surface area contributed by atoms with Gasteiger partial charge >= 0.3 is 11.9 Å². The van der Waals surface area contributed by atoms with Crippen molar-refractivity contribution in [3.8, 4) is 11.5 Å². The second-order valence-corrected chi connectivity index (χ2v) is 6.98. The molecule has 1 heterocycles. The van der Waals surface area contributed by atoms with Gasteiger partial charge in [-0.15, -0.1) is 0 Å². The number of ether oxygens (including phenoxy) is 2. The van der Waals surface area contributed by atoms with Crippen LogP contribution in [0.15, 0.2) is 42.5 Å². The molecule has 0 amide bonds. The predicted octanol–water partition coefficient (Wildman–Crippen LogP) is 2.32. The Labute approximate surface area is 180 Å². The number of hydrogen-bond acceptors (Lipinski definition) is 6. The second kappa shape index (κ2) is 11.9. The van der Waals surface area contributed by atoms with Crippen LogP contribution in [0, 0.1) is 5.82 Å². The van der Waals surface area contributed by atoms with Crippen LogP contribution in [-0.2, 0) is 22.7 Å². The van der Waals surface area contributed by atoms with E-state index in [1.807, 2.05) is 24.3 Å². The molecule has 0 aliphatic carbocycles. The van der Waals surface area contributed by atoms with Gasteiger partial charge in [0, 0.05) is 39.3 Å². The van der Waals surface area contributed by atoms with Gasteiger partial charge in [-0.2, -0.15) is 0 Å². The number of hydrogen-bond donors (Lipinski definition) is 2. The fourth-order valence-corrected chi connectivity index (χ4v) is 3.19. The molecule has 0 aromatic heterocycles. The largest absolute Gasteiger partial charge is 0.493 e. The van der Waals surface area contributed by atoms with Crippen molar-refractivity contribution in [2.45, 2.75) is 13.1 Å². The minimum Gasteiger partial charge on any atom is -0.493 e. The Bertz CT molecular complexity index is 855. The minimum atomic E-state index is -1.82. The molecule has 2 aromatic rings. The molecule has 0 unspecified atom stereocenters. The van der Waals surface area contributed by atoms with Gasteiger partial charge in [0.2, 0.25) is 0 Å². The number of rotatable bonds is 6. The van der Waals surface area contributed by atoms with Gasteiger partial charge < -0.3 is 19.7 Å². The van der Waals surface area contributed by atoms with Gasteiger partial charge in [-0.1, -0.05) is 18.2 Å². The number of piperazine rings is 1. The zero-order valence-electron chi connectivity index (χ0n) is 17.6. The summed E-state index contributed by atoms with van der Waals surface area (Å²) in [6.45, 7) is 5.87. The lowest BCUT2D eigenvalue weighted by molar-refractivity contribution is -0.159. The Balaban J connectivity index is 0.000000501. The summed E-state index contributed by atoms with van der Waals surface area (Å²) in [5, 5.41) is 14.8. The van der Waals surface area contributed by atoms with Crippen LogP contribution in [0.4, 0.5) is 4.39 Å². The van der Waals surface area contributed by atoms with Gasteiger partial charge in [-0.05, 0) is 35.4 Å². The van der Waals surface area contributed by atoms with Crippen LogP contribution in [-0.4, -0.2) is 72.4 Å². The molecule has 2 aromatic carbocycles. The highest BCUT2D eigenvalue weighted by atomic mass is 19.1. The predicted molar refractivity (Wildman–Crippen MR) is 112 cm³/mol. The zero-order chi connectivity index (χ0) is 22.8. The van der Waals surface area contributed by atoms with Crippen molar-refractivity contribution in [1.82, 2.24) is 9.80 Å². The third kappa shape index (κ3) is 7.88. The van der Waals surface area contributed by atoms with E-state index in [0.29, 0.717) is 0 Å². The lowest BCUT2D eigenvalue weighted by Gasteiger charge is -2.34. The maximum absolute atomic E-state index is 13.0. The number of halogens is 1. The van der Waals surface area contributed by atoms with Gasteiger partial charge in [0.25, 0.3) is 0 Å². The van der Waals surface area contributed by atoms with E-state index in [-0.39, 0.29) is 5.82 Å². The van der Waals surface area contributed by atoms with Crippen LogP contribution in [0.1, 0.15) is 11.1 Å². The Kier molecular flexibility index (Phi) is 9.23. The molecule has 1 saturated heterocycles. The van der Waals surface area contributed by atoms with Crippen molar-refractivity contribution in [3.63, 3.8) is 0 Å². The van der Waals surface area contributed by atoms with Crippen molar-refractivity contribution < 1.29 is 33.7 Å². The Morgan fingerprint density at radius 2 is 1.26 bits per heavy atom. The molecule has 0 spiro atoms. The quantitative estimate of drug-likeness (QED) is 0.669. The molecule has 1 aliphatic rings. The van der Waals surface area contributed by atoms with E-state index in [9.17, 15) is 4.39 Å². The van der Waals surface area contributed by atoms with E-state index in [1.54, 1.807) is 14.2 Å². The number of carbonyl (C=O) groups is 2. The van der Waals surface area contributed by atoms with E-state index >= 15 is 0 Å². The van der Waals surface area contributed by atoms with Crippen LogP contribution >= 0.6 is 0 Å². The first-order chi connectivity index (χ1) is 14.8. The van der Waals surface area contributed by atoms with Crippen molar-refractivity contribution >= 4 is 11.9 Å². The first kappa shape index (κ1) is 24.1. The number of methoxy groups -OCH3 is 2. The van der Waals surface area contributed by atoms with Gasteiger partial charge in [0.15, 0.2) is 11.5 Å². The van der Waals surface area contributed by atoms with Crippen molar-refractivity contribution in [2.75, 3.05) is 40.4 Å². The first-order valence-electron chi connectivity index (χ1n) is 9.68. The summed E-state index contributed by atoms with van der Waals surface area (Å²) in [7, 11) is 3.31. The highest BCUT2D eigenvalue weighted by Crippen LogP contribution is 2.28. The molecule has 2 N–H and O–H groups in total. The third-order valence-electron chi connectivity index (χ3n) is 4.82. The van der Waals surface area contributed by atoms with Crippen molar-refractivity contribution in [1.29, 1.82) is 0 Å². The van der Waals surface area contributed by atoms with Crippen LogP contribution in [0.25, 0.3) is 0 Å².